The van der Waals surface area contributed by atoms with Crippen molar-refractivity contribution < 1.29 is 4.79 Å². The molecule has 0 radical (unpaired) electrons. The zero-order valence-corrected chi connectivity index (χ0v) is 24.3. The van der Waals surface area contributed by atoms with E-state index in [-0.39, 0.29) is 5.91 Å². The van der Waals surface area contributed by atoms with E-state index in [0.29, 0.717) is 6.42 Å². The molecule has 3 nitrogen and oxygen atoms in total. The summed E-state index contributed by atoms with van der Waals surface area (Å²) in [5.41, 5.74) is 2.45. The van der Waals surface area contributed by atoms with Gasteiger partial charge in [0.25, 0.3) is 0 Å². The number of rotatable bonds is 25. The van der Waals surface area contributed by atoms with Gasteiger partial charge >= 0.3 is 0 Å². The number of para-hydroxylation sites is 1. The predicted molar refractivity (Wildman–Crippen MR) is 162 cm³/mol. The van der Waals surface area contributed by atoms with Gasteiger partial charge < -0.3 is 10.3 Å². The summed E-state index contributed by atoms with van der Waals surface area (Å²) in [6.07, 6.45) is 32.9. The topological polar surface area (TPSA) is 44.9 Å². The van der Waals surface area contributed by atoms with Crippen molar-refractivity contribution in [1.29, 1.82) is 0 Å². The van der Waals surface area contributed by atoms with Gasteiger partial charge in [-0.05, 0) is 24.5 Å². The first kappa shape index (κ1) is 31.4. The van der Waals surface area contributed by atoms with Gasteiger partial charge in [-0.2, -0.15) is 0 Å². The van der Waals surface area contributed by atoms with Gasteiger partial charge in [-0.1, -0.05) is 154 Å². The first-order chi connectivity index (χ1) is 18.3. The van der Waals surface area contributed by atoms with E-state index in [9.17, 15) is 4.79 Å². The Hall–Kier alpha value is -1.77. The maximum atomic E-state index is 12.1. The van der Waals surface area contributed by atoms with Crippen LogP contribution in [0.25, 0.3) is 10.9 Å². The van der Waals surface area contributed by atoms with E-state index in [1.807, 2.05) is 6.07 Å². The minimum Gasteiger partial charge on any atom is -0.361 e. The van der Waals surface area contributed by atoms with Crippen molar-refractivity contribution in [2.75, 3.05) is 6.54 Å². The number of H-pyrrole nitrogens is 1. The third-order valence-corrected chi connectivity index (χ3v) is 7.90. The normalized spacial score (nSPS) is 11.4. The monoisotopic (exact) mass is 510 g/mol. The fourth-order valence-corrected chi connectivity index (χ4v) is 5.48. The minimum atomic E-state index is 0.206. The molecule has 2 N–H and O–H groups in total. The quantitative estimate of drug-likeness (QED) is 0.128. The third kappa shape index (κ3) is 15.9. The SMILES string of the molecule is CCCCCCCCCCCCCCCCCCCCCCCC(=O)NCCc1c[nH]c2ccccc12. The molecule has 0 fully saturated rings. The highest BCUT2D eigenvalue weighted by atomic mass is 16.1. The summed E-state index contributed by atoms with van der Waals surface area (Å²) in [4.78, 5) is 15.4. The highest BCUT2D eigenvalue weighted by Crippen LogP contribution is 2.18. The lowest BCUT2D eigenvalue weighted by molar-refractivity contribution is -0.121. The van der Waals surface area contributed by atoms with Crippen molar-refractivity contribution in [1.82, 2.24) is 10.3 Å². The Bertz CT molecular complexity index is 796. The van der Waals surface area contributed by atoms with Crippen LogP contribution in [-0.4, -0.2) is 17.4 Å². The lowest BCUT2D eigenvalue weighted by atomic mass is 10.0. The van der Waals surface area contributed by atoms with Gasteiger partial charge in [-0.15, -0.1) is 0 Å². The molecule has 0 saturated heterocycles. The average Bonchev–Trinajstić information content (AvgIpc) is 3.32. The number of nitrogens with one attached hydrogen (secondary N) is 2. The molecule has 0 aliphatic heterocycles. The van der Waals surface area contributed by atoms with E-state index in [1.165, 1.54) is 145 Å². The van der Waals surface area contributed by atoms with Crippen molar-refractivity contribution in [3.05, 3.63) is 36.0 Å². The van der Waals surface area contributed by atoms with Crippen LogP contribution in [0.5, 0.6) is 0 Å². The Morgan fingerprint density at radius 1 is 0.649 bits per heavy atom. The summed E-state index contributed by atoms with van der Waals surface area (Å²) >= 11 is 0. The van der Waals surface area contributed by atoms with E-state index in [2.05, 4.69) is 41.6 Å². The molecule has 0 unspecified atom stereocenters. The van der Waals surface area contributed by atoms with Gasteiger partial charge in [0.05, 0.1) is 0 Å². The first-order valence-corrected chi connectivity index (χ1v) is 16.1. The van der Waals surface area contributed by atoms with Crippen molar-refractivity contribution >= 4 is 16.8 Å². The van der Waals surface area contributed by atoms with Crippen molar-refractivity contribution in [2.24, 2.45) is 0 Å². The largest absolute Gasteiger partial charge is 0.361 e. The first-order valence-electron chi connectivity index (χ1n) is 16.1. The molecule has 1 aromatic carbocycles. The van der Waals surface area contributed by atoms with Crippen LogP contribution < -0.4 is 5.32 Å². The molecule has 1 amide bonds. The lowest BCUT2D eigenvalue weighted by Crippen LogP contribution is -2.25. The van der Waals surface area contributed by atoms with Crippen LogP contribution in [0.4, 0.5) is 0 Å². The molecule has 2 rings (SSSR count). The summed E-state index contributed by atoms with van der Waals surface area (Å²) < 4.78 is 0. The molecule has 2 aromatic rings. The summed E-state index contributed by atoms with van der Waals surface area (Å²) in [6.45, 7) is 3.02. The second kappa shape index (κ2) is 22.2. The molecule has 0 saturated carbocycles. The number of hydrogen-bond acceptors (Lipinski definition) is 1. The molecule has 0 bridgehead atoms. The van der Waals surface area contributed by atoms with Gasteiger partial charge in [0, 0.05) is 30.1 Å². The predicted octanol–water partition coefficient (Wildman–Crippen LogP) is 10.4. The van der Waals surface area contributed by atoms with Gasteiger partial charge in [-0.3, -0.25) is 4.79 Å². The van der Waals surface area contributed by atoms with Crippen molar-refractivity contribution in [3.63, 3.8) is 0 Å². The Labute approximate surface area is 229 Å². The molecule has 1 heterocycles. The molecular weight excluding hydrogens is 452 g/mol. The van der Waals surface area contributed by atoms with E-state index in [4.69, 9.17) is 0 Å². The van der Waals surface area contributed by atoms with Crippen LogP contribution in [0, 0.1) is 0 Å². The van der Waals surface area contributed by atoms with Crippen LogP contribution in [-0.2, 0) is 11.2 Å². The second-order valence-corrected chi connectivity index (χ2v) is 11.3. The summed E-state index contributed by atoms with van der Waals surface area (Å²) in [6, 6.07) is 8.35. The van der Waals surface area contributed by atoms with Crippen LogP contribution in [0.3, 0.4) is 0 Å². The number of fused-ring (bicyclic) bond motifs is 1. The van der Waals surface area contributed by atoms with Crippen LogP contribution in [0.2, 0.25) is 0 Å². The molecule has 37 heavy (non-hydrogen) atoms. The maximum absolute atomic E-state index is 12.1. The number of aromatic nitrogens is 1. The number of hydrogen-bond donors (Lipinski definition) is 2. The zero-order valence-electron chi connectivity index (χ0n) is 24.3. The van der Waals surface area contributed by atoms with Gasteiger partial charge in [-0.25, -0.2) is 0 Å². The van der Waals surface area contributed by atoms with Crippen LogP contribution >= 0.6 is 0 Å². The number of benzene rings is 1. The third-order valence-electron chi connectivity index (χ3n) is 7.90. The van der Waals surface area contributed by atoms with E-state index in [1.54, 1.807) is 0 Å². The molecule has 0 aliphatic carbocycles. The van der Waals surface area contributed by atoms with Crippen LogP contribution in [0.1, 0.15) is 154 Å². The molecular formula is C34H58N2O. The number of carbonyl (C=O) groups excluding carboxylic acids is 1. The molecule has 0 spiro atoms. The van der Waals surface area contributed by atoms with E-state index >= 15 is 0 Å². The molecule has 3 heteroatoms. The Morgan fingerprint density at radius 2 is 1.11 bits per heavy atom. The molecule has 210 valence electrons. The molecule has 0 atom stereocenters. The highest BCUT2D eigenvalue weighted by Gasteiger charge is 2.05. The van der Waals surface area contributed by atoms with Gasteiger partial charge in [0.15, 0.2) is 0 Å². The lowest BCUT2D eigenvalue weighted by Gasteiger charge is -2.05. The number of aromatic amines is 1. The number of carbonyl (C=O) groups is 1. The average molecular weight is 511 g/mol. The van der Waals surface area contributed by atoms with Gasteiger partial charge in [0.2, 0.25) is 5.91 Å². The Morgan fingerprint density at radius 3 is 1.62 bits per heavy atom. The minimum absolute atomic E-state index is 0.206. The number of amides is 1. The maximum Gasteiger partial charge on any atom is 0.220 e. The zero-order chi connectivity index (χ0) is 26.2. The fraction of sp³-hybridized carbons (Fsp3) is 0.735. The van der Waals surface area contributed by atoms with E-state index < -0.39 is 0 Å². The van der Waals surface area contributed by atoms with E-state index in [0.717, 1.165) is 19.4 Å². The van der Waals surface area contributed by atoms with Gasteiger partial charge in [0.1, 0.15) is 0 Å². The number of unbranched alkanes of at least 4 members (excludes halogenated alkanes) is 20. The molecule has 1 aromatic heterocycles. The Balaban J connectivity index is 1.25. The summed E-state index contributed by atoms with van der Waals surface area (Å²) in [7, 11) is 0. The summed E-state index contributed by atoms with van der Waals surface area (Å²) in [5.74, 6) is 0.206. The van der Waals surface area contributed by atoms with Crippen LogP contribution in [0.15, 0.2) is 30.5 Å². The van der Waals surface area contributed by atoms with Crippen molar-refractivity contribution in [2.45, 2.75) is 155 Å². The standard InChI is InChI=1S/C34H58N2O/c1-2-3-4-5-6-7-8-9-10-11-12-13-14-15-16-17-18-19-20-21-22-27-34(37)35-29-28-31-30-36-33-26-24-23-25-32(31)33/h23-26,30,36H,2-22,27-29H2,1H3,(H,35,37). The second-order valence-electron chi connectivity index (χ2n) is 11.3. The summed E-state index contributed by atoms with van der Waals surface area (Å²) in [5, 5.41) is 4.36. The van der Waals surface area contributed by atoms with Crippen molar-refractivity contribution in [3.8, 4) is 0 Å². The fourth-order valence-electron chi connectivity index (χ4n) is 5.48. The molecule has 0 aliphatic rings. The smallest absolute Gasteiger partial charge is 0.220 e. The Kier molecular flexibility index (Phi) is 18.9. The highest BCUT2D eigenvalue weighted by molar-refractivity contribution is 5.83.